The van der Waals surface area contributed by atoms with Gasteiger partial charge in [-0.15, -0.1) is 0 Å². The molecule has 0 bridgehead atoms. The lowest BCUT2D eigenvalue weighted by atomic mass is 10.0. The van der Waals surface area contributed by atoms with E-state index in [4.69, 9.17) is 0 Å². The molecule has 2 heterocycles. The van der Waals surface area contributed by atoms with Gasteiger partial charge in [0.2, 0.25) is 0 Å². The second kappa shape index (κ2) is 4.41. The van der Waals surface area contributed by atoms with Gasteiger partial charge < -0.3 is 14.6 Å². The summed E-state index contributed by atoms with van der Waals surface area (Å²) in [5.41, 5.74) is 5.26. The van der Waals surface area contributed by atoms with Crippen LogP contribution in [0.1, 0.15) is 23.7 Å². The molecule has 0 saturated heterocycles. The molecule has 0 amide bonds. The van der Waals surface area contributed by atoms with Crippen LogP contribution in [0.5, 0.6) is 0 Å². The Morgan fingerprint density at radius 3 is 2.89 bits per heavy atom. The van der Waals surface area contributed by atoms with E-state index >= 15 is 0 Å². The van der Waals surface area contributed by atoms with Crippen molar-refractivity contribution in [1.29, 1.82) is 0 Å². The zero-order chi connectivity index (χ0) is 12.7. The van der Waals surface area contributed by atoms with E-state index in [0.29, 0.717) is 0 Å². The summed E-state index contributed by atoms with van der Waals surface area (Å²) in [5.74, 6) is 0. The molecule has 0 spiro atoms. The Labute approximate surface area is 108 Å². The molecule has 0 unspecified atom stereocenters. The third-order valence-corrected chi connectivity index (χ3v) is 4.01. The number of rotatable bonds is 2. The van der Waals surface area contributed by atoms with Crippen molar-refractivity contribution in [2.24, 2.45) is 0 Å². The molecule has 1 aliphatic heterocycles. The average molecular weight is 244 g/mol. The maximum atomic E-state index is 9.30. The van der Waals surface area contributed by atoms with Gasteiger partial charge in [-0.2, -0.15) is 0 Å². The maximum absolute atomic E-state index is 9.30. The summed E-state index contributed by atoms with van der Waals surface area (Å²) in [6.45, 7) is 5.51. The van der Waals surface area contributed by atoms with Crippen molar-refractivity contribution in [3.63, 3.8) is 0 Å². The topological polar surface area (TPSA) is 28.4 Å². The van der Waals surface area contributed by atoms with Crippen LogP contribution in [0.4, 0.5) is 0 Å². The molecule has 2 aromatic rings. The summed E-state index contributed by atoms with van der Waals surface area (Å²) in [5, 5.41) is 10.6. The average Bonchev–Trinajstić information content (AvgIpc) is 2.71. The van der Waals surface area contributed by atoms with Gasteiger partial charge in [0, 0.05) is 42.7 Å². The second-order valence-corrected chi connectivity index (χ2v) is 5.17. The number of aliphatic hydroxyl groups excluding tert-OH is 1. The third-order valence-electron chi connectivity index (χ3n) is 4.01. The summed E-state index contributed by atoms with van der Waals surface area (Å²) in [6, 6.07) is 6.34. The van der Waals surface area contributed by atoms with Crippen LogP contribution < -0.4 is 0 Å². The maximum Gasteiger partial charge on any atom is 0.0682 e. The molecule has 1 N–H and O–H groups in total. The van der Waals surface area contributed by atoms with Gasteiger partial charge in [0.1, 0.15) is 0 Å². The highest BCUT2D eigenvalue weighted by atomic mass is 16.3. The molecule has 3 rings (SSSR count). The van der Waals surface area contributed by atoms with Crippen molar-refractivity contribution in [1.82, 2.24) is 9.47 Å². The van der Waals surface area contributed by atoms with Crippen LogP contribution in [0.25, 0.3) is 10.9 Å². The summed E-state index contributed by atoms with van der Waals surface area (Å²) in [7, 11) is 2.17. The first-order valence-corrected chi connectivity index (χ1v) is 6.67. The number of aliphatic hydroxyl groups is 1. The molecule has 0 atom stereocenters. The number of hydrogen-bond donors (Lipinski definition) is 1. The van der Waals surface area contributed by atoms with Gasteiger partial charge in [-0.1, -0.05) is 6.07 Å². The van der Waals surface area contributed by atoms with E-state index in [-0.39, 0.29) is 6.61 Å². The third kappa shape index (κ3) is 1.66. The largest absolute Gasteiger partial charge is 0.392 e. The highest BCUT2D eigenvalue weighted by Crippen LogP contribution is 2.31. The molecule has 3 heteroatoms. The number of aryl methyl sites for hydroxylation is 1. The fourth-order valence-corrected chi connectivity index (χ4v) is 3.09. The van der Waals surface area contributed by atoms with Gasteiger partial charge in [-0.25, -0.2) is 0 Å². The zero-order valence-electron chi connectivity index (χ0n) is 11.1. The van der Waals surface area contributed by atoms with Crippen LogP contribution in [0.15, 0.2) is 18.2 Å². The molecular weight excluding hydrogens is 224 g/mol. The van der Waals surface area contributed by atoms with Crippen molar-refractivity contribution in [3.05, 3.63) is 35.0 Å². The van der Waals surface area contributed by atoms with Crippen molar-refractivity contribution in [2.45, 2.75) is 33.0 Å². The van der Waals surface area contributed by atoms with Crippen molar-refractivity contribution >= 4 is 10.9 Å². The smallest absolute Gasteiger partial charge is 0.0682 e. The van der Waals surface area contributed by atoms with E-state index in [2.05, 4.69) is 35.6 Å². The molecule has 1 aromatic carbocycles. The monoisotopic (exact) mass is 244 g/mol. The summed E-state index contributed by atoms with van der Waals surface area (Å²) >= 11 is 0. The van der Waals surface area contributed by atoms with Crippen LogP contribution >= 0.6 is 0 Å². The van der Waals surface area contributed by atoms with Crippen LogP contribution in [0.3, 0.4) is 0 Å². The Balaban J connectivity index is 2.27. The van der Waals surface area contributed by atoms with E-state index in [0.717, 1.165) is 31.6 Å². The lowest BCUT2D eigenvalue weighted by molar-refractivity contribution is 0.282. The van der Waals surface area contributed by atoms with Crippen molar-refractivity contribution < 1.29 is 5.11 Å². The fraction of sp³-hybridized carbons (Fsp3) is 0.467. The van der Waals surface area contributed by atoms with Crippen LogP contribution in [0.2, 0.25) is 0 Å². The Kier molecular flexibility index (Phi) is 2.88. The molecule has 0 saturated carbocycles. The quantitative estimate of drug-likeness (QED) is 0.876. The highest BCUT2D eigenvalue weighted by Gasteiger charge is 2.21. The first-order chi connectivity index (χ1) is 8.74. The minimum absolute atomic E-state index is 0.123. The van der Waals surface area contributed by atoms with Crippen LogP contribution in [-0.4, -0.2) is 28.2 Å². The fourth-order valence-electron chi connectivity index (χ4n) is 3.09. The molecule has 18 heavy (non-hydrogen) atoms. The van der Waals surface area contributed by atoms with Crippen molar-refractivity contribution in [3.8, 4) is 0 Å². The standard InChI is InChI=1S/C15H20N2O/c1-3-17-14-5-4-11(10-18)8-12(14)13-9-16(2)7-6-15(13)17/h4-5,8,18H,3,6-7,9-10H2,1-2H3. The number of nitrogens with zero attached hydrogens (tertiary/aromatic N) is 2. The summed E-state index contributed by atoms with van der Waals surface area (Å²) < 4.78 is 2.43. The minimum Gasteiger partial charge on any atom is -0.392 e. The van der Waals surface area contributed by atoms with Gasteiger partial charge >= 0.3 is 0 Å². The first-order valence-electron chi connectivity index (χ1n) is 6.67. The Bertz CT molecular complexity index is 586. The van der Waals surface area contributed by atoms with Gasteiger partial charge in [0.05, 0.1) is 6.61 Å². The molecule has 0 radical (unpaired) electrons. The number of aromatic nitrogens is 1. The predicted octanol–water partition coefficient (Wildman–Crippen LogP) is 2.14. The van der Waals surface area contributed by atoms with Crippen molar-refractivity contribution in [2.75, 3.05) is 13.6 Å². The second-order valence-electron chi connectivity index (χ2n) is 5.17. The van der Waals surface area contributed by atoms with Gasteiger partial charge in [0.25, 0.3) is 0 Å². The van der Waals surface area contributed by atoms with E-state index in [1.54, 1.807) is 0 Å². The molecule has 0 aliphatic carbocycles. The Morgan fingerprint density at radius 1 is 1.33 bits per heavy atom. The SMILES string of the molecule is CCn1c2c(c3cc(CO)ccc31)CN(C)CC2. The number of hydrogen-bond acceptors (Lipinski definition) is 2. The van der Waals surface area contributed by atoms with Crippen LogP contribution in [-0.2, 0) is 26.1 Å². The summed E-state index contributed by atoms with van der Waals surface area (Å²) in [4.78, 5) is 2.37. The molecule has 3 nitrogen and oxygen atoms in total. The van der Waals surface area contributed by atoms with Gasteiger partial charge in [-0.05, 0) is 37.2 Å². The van der Waals surface area contributed by atoms with E-state index in [1.165, 1.54) is 22.2 Å². The van der Waals surface area contributed by atoms with Crippen LogP contribution in [0, 0.1) is 0 Å². The minimum atomic E-state index is 0.123. The normalized spacial score (nSPS) is 16.2. The number of likely N-dealkylation sites (N-methyl/N-ethyl adjacent to an activating group) is 1. The van der Waals surface area contributed by atoms with E-state index in [1.807, 2.05) is 6.07 Å². The first kappa shape index (κ1) is 11.8. The molecule has 96 valence electrons. The van der Waals surface area contributed by atoms with E-state index < -0.39 is 0 Å². The number of fused-ring (bicyclic) bond motifs is 3. The Hall–Kier alpha value is -1.32. The predicted molar refractivity (Wildman–Crippen MR) is 73.6 cm³/mol. The van der Waals surface area contributed by atoms with Gasteiger partial charge in [0.15, 0.2) is 0 Å². The lowest BCUT2D eigenvalue weighted by Crippen LogP contribution is -2.27. The highest BCUT2D eigenvalue weighted by molar-refractivity contribution is 5.86. The Morgan fingerprint density at radius 2 is 2.17 bits per heavy atom. The molecule has 1 aromatic heterocycles. The number of benzene rings is 1. The van der Waals surface area contributed by atoms with Gasteiger partial charge in [-0.3, -0.25) is 0 Å². The zero-order valence-corrected chi connectivity index (χ0v) is 11.1. The van der Waals surface area contributed by atoms with E-state index in [9.17, 15) is 5.11 Å². The molecule has 0 fully saturated rings. The molecular formula is C15H20N2O. The lowest BCUT2D eigenvalue weighted by Gasteiger charge is -2.24. The molecule has 1 aliphatic rings. The summed E-state index contributed by atoms with van der Waals surface area (Å²) in [6.07, 6.45) is 1.13.